The molecule has 176 valence electrons. The van der Waals surface area contributed by atoms with Gasteiger partial charge in [0.15, 0.2) is 0 Å². The first kappa shape index (κ1) is 25.9. The largest absolute Gasteiger partial charge is 0.481 e. The molecule has 0 fully saturated rings. The fourth-order valence-electron chi connectivity index (χ4n) is 2.51. The van der Waals surface area contributed by atoms with Crippen LogP contribution in [-0.2, 0) is 27.1 Å². The zero-order chi connectivity index (χ0) is 24.6. The predicted octanol–water partition coefficient (Wildman–Crippen LogP) is 5.12. The molecule has 1 unspecified atom stereocenters. The highest BCUT2D eigenvalue weighted by Gasteiger charge is 2.33. The van der Waals surface area contributed by atoms with Crippen LogP contribution in [0.15, 0.2) is 48.5 Å². The molecular weight excluding hydrogens is 465 g/mol. The third-order valence-corrected chi connectivity index (χ3v) is 5.14. The molecule has 0 amide bonds. The highest BCUT2D eigenvalue weighted by atomic mass is 32.2. The number of ketones is 1. The van der Waals surface area contributed by atoms with Crippen molar-refractivity contribution < 1.29 is 46.9 Å². The van der Waals surface area contributed by atoms with E-state index in [2.05, 4.69) is 0 Å². The Morgan fingerprint density at radius 1 is 1.03 bits per heavy atom. The van der Waals surface area contributed by atoms with Gasteiger partial charge in [-0.25, -0.2) is 9.59 Å². The Kier molecular flexibility index (Phi) is 9.03. The first-order chi connectivity index (χ1) is 15.5. The second-order valence-corrected chi connectivity index (χ2v) is 8.02. The lowest BCUT2D eigenvalue weighted by atomic mass is 10.1. The summed E-state index contributed by atoms with van der Waals surface area (Å²) in [5.74, 6) is -3.42. The molecule has 0 aliphatic rings. The Labute approximate surface area is 190 Å². The SMILES string of the molecule is CC(SC(=O)Oc1cc(C(F)(F)F)ccc1C(=O)OCc1ccccc1)C(=O)CCC(=O)O. The molecule has 33 heavy (non-hydrogen) atoms. The van der Waals surface area contributed by atoms with Crippen LogP contribution in [0.2, 0.25) is 0 Å². The van der Waals surface area contributed by atoms with Crippen molar-refractivity contribution in [3.8, 4) is 5.75 Å². The lowest BCUT2D eigenvalue weighted by Gasteiger charge is -2.14. The van der Waals surface area contributed by atoms with Crippen molar-refractivity contribution in [2.75, 3.05) is 0 Å². The minimum Gasteiger partial charge on any atom is -0.481 e. The van der Waals surface area contributed by atoms with E-state index in [1.165, 1.54) is 6.92 Å². The van der Waals surface area contributed by atoms with Gasteiger partial charge in [0.1, 0.15) is 23.7 Å². The summed E-state index contributed by atoms with van der Waals surface area (Å²) in [6, 6.07) is 10.5. The lowest BCUT2D eigenvalue weighted by Crippen LogP contribution is -2.19. The van der Waals surface area contributed by atoms with Crippen LogP contribution < -0.4 is 4.74 Å². The predicted molar refractivity (Wildman–Crippen MR) is 112 cm³/mol. The second-order valence-electron chi connectivity index (χ2n) is 6.74. The van der Waals surface area contributed by atoms with Gasteiger partial charge in [0, 0.05) is 6.42 Å². The zero-order valence-electron chi connectivity index (χ0n) is 17.3. The van der Waals surface area contributed by atoms with Gasteiger partial charge in [-0.05, 0) is 42.4 Å². The fourth-order valence-corrected chi connectivity index (χ4v) is 3.19. The first-order valence-corrected chi connectivity index (χ1v) is 10.4. The summed E-state index contributed by atoms with van der Waals surface area (Å²) < 4.78 is 49.4. The summed E-state index contributed by atoms with van der Waals surface area (Å²) >= 11 is 0.361. The van der Waals surface area contributed by atoms with Gasteiger partial charge in [-0.3, -0.25) is 9.59 Å². The number of carbonyl (C=O) groups is 4. The molecule has 1 N–H and O–H groups in total. The van der Waals surface area contributed by atoms with Gasteiger partial charge in [-0.1, -0.05) is 30.3 Å². The summed E-state index contributed by atoms with van der Waals surface area (Å²) in [5, 5.41) is 6.49. The highest BCUT2D eigenvalue weighted by molar-refractivity contribution is 8.14. The molecule has 2 aromatic rings. The maximum absolute atomic E-state index is 13.1. The number of thioether (sulfide) groups is 1. The van der Waals surface area contributed by atoms with E-state index in [1.54, 1.807) is 30.3 Å². The van der Waals surface area contributed by atoms with Gasteiger partial charge >= 0.3 is 23.4 Å². The topological polar surface area (TPSA) is 107 Å². The number of Topliss-reactive ketones (excluding diaryl/α,β-unsaturated/α-hetero) is 1. The molecule has 0 saturated carbocycles. The maximum Gasteiger partial charge on any atom is 0.416 e. The quantitative estimate of drug-likeness (QED) is 0.489. The Balaban J connectivity index is 2.16. The van der Waals surface area contributed by atoms with Gasteiger partial charge < -0.3 is 14.6 Å². The number of rotatable bonds is 9. The summed E-state index contributed by atoms with van der Waals surface area (Å²) in [6.07, 6.45) is -5.51. The third kappa shape index (κ3) is 8.26. The van der Waals surface area contributed by atoms with Crippen molar-refractivity contribution in [1.29, 1.82) is 0 Å². The average molecular weight is 484 g/mol. The number of carboxylic acid groups (broad SMARTS) is 1. The molecule has 0 saturated heterocycles. The van der Waals surface area contributed by atoms with Crippen molar-refractivity contribution >= 4 is 34.8 Å². The number of halogens is 3. The average Bonchev–Trinajstić information content (AvgIpc) is 2.75. The van der Waals surface area contributed by atoms with Gasteiger partial charge in [0.05, 0.1) is 17.2 Å². The minimum absolute atomic E-state index is 0.155. The number of carbonyl (C=O) groups excluding carboxylic acids is 3. The number of aliphatic carboxylic acids is 1. The van der Waals surface area contributed by atoms with Gasteiger partial charge in [-0.15, -0.1) is 0 Å². The second kappa shape index (κ2) is 11.5. The van der Waals surface area contributed by atoms with Crippen LogP contribution >= 0.6 is 11.8 Å². The number of esters is 1. The summed E-state index contributed by atoms with van der Waals surface area (Å²) in [7, 11) is 0. The molecule has 0 aromatic heterocycles. The maximum atomic E-state index is 13.1. The van der Waals surface area contributed by atoms with Crippen molar-refractivity contribution in [2.45, 2.75) is 37.8 Å². The molecule has 0 bridgehead atoms. The van der Waals surface area contributed by atoms with Crippen LogP contribution in [0.5, 0.6) is 5.75 Å². The Morgan fingerprint density at radius 2 is 1.70 bits per heavy atom. The summed E-state index contributed by atoms with van der Waals surface area (Å²) in [6.45, 7) is 1.18. The van der Waals surface area contributed by atoms with E-state index >= 15 is 0 Å². The molecule has 0 heterocycles. The fraction of sp³-hybridized carbons (Fsp3) is 0.273. The van der Waals surface area contributed by atoms with Gasteiger partial charge in [-0.2, -0.15) is 13.2 Å². The molecule has 7 nitrogen and oxygen atoms in total. The highest BCUT2D eigenvalue weighted by Crippen LogP contribution is 2.34. The molecule has 2 aromatic carbocycles. The van der Waals surface area contributed by atoms with Crippen LogP contribution in [0, 0.1) is 0 Å². The monoisotopic (exact) mass is 484 g/mol. The molecular formula is C22H19F3O7S. The molecule has 0 radical (unpaired) electrons. The number of hydrogen-bond acceptors (Lipinski definition) is 7. The van der Waals surface area contributed by atoms with Crippen molar-refractivity contribution in [2.24, 2.45) is 0 Å². The molecule has 2 rings (SSSR count). The van der Waals surface area contributed by atoms with Crippen molar-refractivity contribution in [3.63, 3.8) is 0 Å². The zero-order valence-corrected chi connectivity index (χ0v) is 18.1. The van der Waals surface area contributed by atoms with Crippen LogP contribution in [0.4, 0.5) is 18.0 Å². The van der Waals surface area contributed by atoms with E-state index in [-0.39, 0.29) is 13.0 Å². The minimum atomic E-state index is -4.76. The molecule has 0 spiro atoms. The number of hydrogen-bond donors (Lipinski definition) is 1. The van der Waals surface area contributed by atoms with E-state index < -0.39 is 57.7 Å². The van der Waals surface area contributed by atoms with Gasteiger partial charge in [0.25, 0.3) is 0 Å². The van der Waals surface area contributed by atoms with Crippen molar-refractivity contribution in [3.05, 3.63) is 65.2 Å². The summed E-state index contributed by atoms with van der Waals surface area (Å²) in [4.78, 5) is 47.1. The van der Waals surface area contributed by atoms with E-state index in [1.807, 2.05) is 0 Å². The van der Waals surface area contributed by atoms with Crippen LogP contribution in [0.1, 0.15) is 41.3 Å². The molecule has 11 heteroatoms. The molecule has 1 atom stereocenters. The first-order valence-electron chi connectivity index (χ1n) is 9.52. The smallest absolute Gasteiger partial charge is 0.416 e. The third-order valence-electron chi connectivity index (χ3n) is 4.25. The number of carboxylic acids is 1. The van der Waals surface area contributed by atoms with Crippen LogP contribution in [-0.4, -0.2) is 33.4 Å². The van der Waals surface area contributed by atoms with E-state index in [4.69, 9.17) is 14.6 Å². The Bertz CT molecular complexity index is 1020. The Hall–Kier alpha value is -3.34. The molecule has 0 aliphatic carbocycles. The van der Waals surface area contributed by atoms with Crippen molar-refractivity contribution in [1.82, 2.24) is 0 Å². The lowest BCUT2D eigenvalue weighted by molar-refractivity contribution is -0.138. The number of alkyl halides is 3. The normalized spacial score (nSPS) is 12.0. The van der Waals surface area contributed by atoms with Crippen LogP contribution in [0.25, 0.3) is 0 Å². The standard InChI is InChI=1S/C22H19F3O7S/c1-13(17(26)9-10-19(27)28)33-21(30)32-18-11-15(22(23,24)25)7-8-16(18)20(29)31-12-14-5-3-2-4-6-14/h2-8,11,13H,9-10,12H2,1H3,(H,27,28). The summed E-state index contributed by atoms with van der Waals surface area (Å²) in [5.41, 5.74) is -0.918. The van der Waals surface area contributed by atoms with E-state index in [0.717, 1.165) is 6.07 Å². The number of ether oxygens (including phenoxy) is 2. The van der Waals surface area contributed by atoms with Crippen LogP contribution in [0.3, 0.4) is 0 Å². The number of benzene rings is 2. The Morgan fingerprint density at radius 3 is 2.30 bits per heavy atom. The van der Waals surface area contributed by atoms with Gasteiger partial charge in [0.2, 0.25) is 0 Å². The van der Waals surface area contributed by atoms with E-state index in [9.17, 15) is 32.3 Å². The van der Waals surface area contributed by atoms with E-state index in [0.29, 0.717) is 29.5 Å². The molecule has 0 aliphatic heterocycles.